The van der Waals surface area contributed by atoms with Crippen molar-refractivity contribution in [2.24, 2.45) is 0 Å². The van der Waals surface area contributed by atoms with Gasteiger partial charge in [0.2, 0.25) is 0 Å². The summed E-state index contributed by atoms with van der Waals surface area (Å²) in [5, 5.41) is 1.61. The summed E-state index contributed by atoms with van der Waals surface area (Å²) in [6.45, 7) is 7.53. The Morgan fingerprint density at radius 2 is 1.50 bits per heavy atom. The molecule has 2 aromatic rings. The Morgan fingerprint density at radius 1 is 0.964 bits per heavy atom. The monoisotopic (exact) mass is 486 g/mol. The molecule has 0 bridgehead atoms. The fraction of sp³-hybridized carbons (Fsp3) is 0.263. The summed E-state index contributed by atoms with van der Waals surface area (Å²) in [7, 11) is 0. The van der Waals surface area contributed by atoms with Crippen LogP contribution in [-0.4, -0.2) is 21.7 Å². The average Bonchev–Trinajstić information content (AvgIpc) is 2.58. The highest BCUT2D eigenvalue weighted by Crippen LogP contribution is 2.20. The topological polar surface area (TPSA) is 49.4 Å². The Kier molecular flexibility index (Phi) is 13.8. The molecule has 0 spiro atoms. The fourth-order valence-corrected chi connectivity index (χ4v) is 2.52. The first-order valence-electron chi connectivity index (χ1n) is 7.79. The van der Waals surface area contributed by atoms with Crippen LogP contribution in [-0.2, 0) is 0 Å². The minimum Gasteiger partial charge on any atom is -0.276 e. The number of hydrazine groups is 1. The molecule has 4 nitrogen and oxygen atoms in total. The third-order valence-corrected chi connectivity index (χ3v) is 4.18. The smallest absolute Gasteiger partial charge is 0.269 e. The van der Waals surface area contributed by atoms with Gasteiger partial charge in [0.25, 0.3) is 11.1 Å². The lowest BCUT2D eigenvalue weighted by Crippen LogP contribution is -2.50. The molecule has 2 rings (SSSR count). The molecular weight excluding hydrogens is 465 g/mol. The van der Waals surface area contributed by atoms with Crippen molar-refractivity contribution in [3.63, 3.8) is 0 Å². The Balaban J connectivity index is 0. The van der Waals surface area contributed by atoms with Crippen LogP contribution in [0.1, 0.15) is 47.1 Å². The molecule has 156 valence electrons. The molecule has 0 aliphatic rings. The van der Waals surface area contributed by atoms with Crippen LogP contribution in [0, 0.1) is 6.92 Å². The molecule has 0 radical (unpaired) electrons. The zero-order valence-corrected chi connectivity index (χ0v) is 19.7. The number of nitrogens with one attached hydrogen (secondary N) is 1. The molecular formula is C19H23Cl5N2O2. The Bertz CT molecular complexity index is 765. The summed E-state index contributed by atoms with van der Waals surface area (Å²) >= 11 is 16.7. The van der Waals surface area contributed by atoms with Crippen LogP contribution in [0.2, 0.25) is 5.02 Å². The van der Waals surface area contributed by atoms with E-state index in [9.17, 15) is 9.59 Å². The molecule has 0 aliphatic carbocycles. The zero-order chi connectivity index (χ0) is 19.9. The number of amides is 1. The van der Waals surface area contributed by atoms with Gasteiger partial charge >= 0.3 is 0 Å². The van der Waals surface area contributed by atoms with Gasteiger partial charge in [-0.15, -0.1) is 29.8 Å². The van der Waals surface area contributed by atoms with Crippen molar-refractivity contribution in [1.29, 1.82) is 0 Å². The standard InChI is InChI=1S/C12H16Cl2N2O.C7H5ClO.2ClH/c1-8-7-9(5-6-10(8)13)11(17)16(15-14)12(2,3)4;8-7(9)6-4-2-1-3-5-6;;/h5-7,15H,1-4H3;1-5H;2*1H. The summed E-state index contributed by atoms with van der Waals surface area (Å²) < 4.78 is 0. The Labute approximate surface area is 193 Å². The van der Waals surface area contributed by atoms with Gasteiger partial charge in [-0.05, 0) is 74.8 Å². The van der Waals surface area contributed by atoms with E-state index in [1.807, 2.05) is 33.8 Å². The Morgan fingerprint density at radius 3 is 1.86 bits per heavy atom. The summed E-state index contributed by atoms with van der Waals surface area (Å²) in [5.74, 6) is -0.188. The van der Waals surface area contributed by atoms with Crippen molar-refractivity contribution in [3.8, 4) is 0 Å². The third-order valence-electron chi connectivity index (χ3n) is 3.36. The van der Waals surface area contributed by atoms with Crippen molar-refractivity contribution in [2.45, 2.75) is 33.2 Å². The van der Waals surface area contributed by atoms with E-state index in [1.54, 1.807) is 42.5 Å². The fourth-order valence-electron chi connectivity index (χ4n) is 1.95. The summed E-state index contributed by atoms with van der Waals surface area (Å²) in [6.07, 6.45) is 0. The summed E-state index contributed by atoms with van der Waals surface area (Å²) in [6, 6.07) is 13.9. The molecule has 1 N–H and O–H groups in total. The predicted molar refractivity (Wildman–Crippen MR) is 122 cm³/mol. The number of nitrogens with zero attached hydrogens (tertiary/aromatic N) is 1. The van der Waals surface area contributed by atoms with E-state index in [1.165, 1.54) is 5.01 Å². The van der Waals surface area contributed by atoms with Crippen LogP contribution in [0.15, 0.2) is 48.5 Å². The minimum atomic E-state index is -0.410. The normalized spacial score (nSPS) is 9.82. The number of aryl methyl sites for hydroxylation is 1. The van der Waals surface area contributed by atoms with Crippen molar-refractivity contribution in [3.05, 3.63) is 70.2 Å². The lowest BCUT2D eigenvalue weighted by molar-refractivity contribution is 0.0515. The largest absolute Gasteiger partial charge is 0.276 e. The van der Waals surface area contributed by atoms with Crippen LogP contribution in [0.4, 0.5) is 0 Å². The molecule has 0 unspecified atom stereocenters. The van der Waals surface area contributed by atoms with Gasteiger partial charge in [0.1, 0.15) is 0 Å². The highest BCUT2D eigenvalue weighted by atomic mass is 35.5. The molecule has 0 saturated heterocycles. The summed E-state index contributed by atoms with van der Waals surface area (Å²) in [4.78, 5) is 25.0. The zero-order valence-electron chi connectivity index (χ0n) is 15.8. The molecule has 0 atom stereocenters. The van der Waals surface area contributed by atoms with Crippen molar-refractivity contribution < 1.29 is 9.59 Å². The van der Waals surface area contributed by atoms with Gasteiger partial charge < -0.3 is 0 Å². The third kappa shape index (κ3) is 8.99. The molecule has 0 saturated carbocycles. The molecule has 2 aromatic carbocycles. The highest BCUT2D eigenvalue weighted by Gasteiger charge is 2.27. The van der Waals surface area contributed by atoms with E-state index in [2.05, 4.69) is 4.94 Å². The quantitative estimate of drug-likeness (QED) is 0.307. The van der Waals surface area contributed by atoms with Crippen LogP contribution < -0.4 is 4.94 Å². The van der Waals surface area contributed by atoms with Crippen LogP contribution in [0.3, 0.4) is 0 Å². The van der Waals surface area contributed by atoms with E-state index >= 15 is 0 Å². The molecule has 9 heteroatoms. The number of halogens is 5. The number of carbonyl (C=O) groups is 2. The maximum Gasteiger partial charge on any atom is 0.269 e. The molecule has 0 aliphatic heterocycles. The SMILES string of the molecule is Cc1cc(C(=O)N(NCl)C(C)(C)C)ccc1Cl.Cl.Cl.O=C(Cl)c1ccccc1. The summed E-state index contributed by atoms with van der Waals surface area (Å²) in [5.41, 5.74) is 1.54. The number of hydrogen-bond donors (Lipinski definition) is 1. The van der Waals surface area contributed by atoms with Gasteiger partial charge in [-0.1, -0.05) is 41.9 Å². The maximum absolute atomic E-state index is 12.2. The van der Waals surface area contributed by atoms with Crippen LogP contribution >= 0.6 is 59.8 Å². The predicted octanol–water partition coefficient (Wildman–Crippen LogP) is 6.46. The van der Waals surface area contributed by atoms with Gasteiger partial charge in [0.05, 0.1) is 5.54 Å². The van der Waals surface area contributed by atoms with Crippen molar-refractivity contribution in [1.82, 2.24) is 9.95 Å². The molecule has 0 fully saturated rings. The van der Waals surface area contributed by atoms with Crippen LogP contribution in [0.25, 0.3) is 0 Å². The second-order valence-corrected chi connectivity index (χ2v) is 7.42. The van der Waals surface area contributed by atoms with Gasteiger partial charge in [0, 0.05) is 16.1 Å². The highest BCUT2D eigenvalue weighted by molar-refractivity contribution is 6.67. The second kappa shape index (κ2) is 13.3. The number of rotatable bonds is 3. The molecule has 0 aromatic heterocycles. The first-order valence-corrected chi connectivity index (χ1v) is 8.93. The number of carbonyl (C=O) groups excluding carboxylic acids is 2. The van der Waals surface area contributed by atoms with Gasteiger partial charge in [0.15, 0.2) is 0 Å². The lowest BCUT2D eigenvalue weighted by atomic mass is 10.1. The van der Waals surface area contributed by atoms with E-state index < -0.39 is 10.8 Å². The molecule has 28 heavy (non-hydrogen) atoms. The van der Waals surface area contributed by atoms with Gasteiger partial charge in [-0.25, -0.2) is 0 Å². The maximum atomic E-state index is 12.2. The van der Waals surface area contributed by atoms with Crippen LogP contribution in [0.5, 0.6) is 0 Å². The first kappa shape index (κ1) is 29.2. The number of hydrogen-bond acceptors (Lipinski definition) is 3. The van der Waals surface area contributed by atoms with E-state index in [-0.39, 0.29) is 30.7 Å². The lowest BCUT2D eigenvalue weighted by Gasteiger charge is -2.33. The molecule has 1 amide bonds. The average molecular weight is 489 g/mol. The van der Waals surface area contributed by atoms with E-state index in [0.717, 1.165) is 5.56 Å². The van der Waals surface area contributed by atoms with E-state index in [0.29, 0.717) is 16.1 Å². The van der Waals surface area contributed by atoms with Crippen molar-refractivity contribution in [2.75, 3.05) is 0 Å². The second-order valence-electron chi connectivity index (χ2n) is 6.50. The Hall–Kier alpha value is -1.01. The van der Waals surface area contributed by atoms with Gasteiger partial charge in [-0.3, -0.25) is 14.6 Å². The molecule has 0 heterocycles. The van der Waals surface area contributed by atoms with Gasteiger partial charge in [-0.2, -0.15) is 0 Å². The van der Waals surface area contributed by atoms with E-state index in [4.69, 9.17) is 35.0 Å². The minimum absolute atomic E-state index is 0. The number of benzene rings is 2. The first-order chi connectivity index (χ1) is 12.1. The van der Waals surface area contributed by atoms with Crippen molar-refractivity contribution >= 4 is 70.9 Å².